The van der Waals surface area contributed by atoms with Gasteiger partial charge in [-0.1, -0.05) is 12.1 Å². The highest BCUT2D eigenvalue weighted by molar-refractivity contribution is 5.82. The first kappa shape index (κ1) is 16.1. The first-order chi connectivity index (χ1) is 13.2. The van der Waals surface area contributed by atoms with Crippen LogP contribution in [0.4, 0.5) is 8.78 Å². The van der Waals surface area contributed by atoms with E-state index >= 15 is 4.39 Å². The molecule has 3 heterocycles. The normalized spacial score (nSPS) is 14.6. The molecule has 134 valence electrons. The summed E-state index contributed by atoms with van der Waals surface area (Å²) in [6.07, 6.45) is 5.09. The summed E-state index contributed by atoms with van der Waals surface area (Å²) in [5, 5.41) is 0. The Bertz CT molecular complexity index is 1070. The molecule has 0 aliphatic heterocycles. The van der Waals surface area contributed by atoms with Crippen molar-refractivity contribution in [2.45, 2.75) is 24.4 Å². The molecule has 4 aromatic rings. The molecule has 27 heavy (non-hydrogen) atoms. The molecule has 0 radical (unpaired) electrons. The number of hydrogen-bond acceptors (Lipinski definition) is 3. The minimum Gasteiger partial charge on any atom is -0.339 e. The van der Waals surface area contributed by atoms with Crippen LogP contribution in [-0.4, -0.2) is 19.9 Å². The lowest BCUT2D eigenvalue weighted by atomic mass is 9.87. The lowest BCUT2D eigenvalue weighted by Crippen LogP contribution is -2.26. The number of aromatic amines is 1. The van der Waals surface area contributed by atoms with Gasteiger partial charge in [-0.05, 0) is 49.2 Å². The molecule has 3 aromatic heterocycles. The van der Waals surface area contributed by atoms with Gasteiger partial charge in [0.2, 0.25) is 5.67 Å². The molecule has 1 N–H and O–H groups in total. The van der Waals surface area contributed by atoms with E-state index in [9.17, 15) is 4.39 Å². The van der Waals surface area contributed by atoms with Crippen LogP contribution >= 0.6 is 0 Å². The molecule has 0 unspecified atom stereocenters. The van der Waals surface area contributed by atoms with Gasteiger partial charge in [0, 0.05) is 23.9 Å². The Morgan fingerprint density at radius 3 is 2.15 bits per heavy atom. The van der Waals surface area contributed by atoms with E-state index in [1.807, 2.05) is 0 Å². The van der Waals surface area contributed by atoms with E-state index in [2.05, 4.69) is 19.9 Å². The summed E-state index contributed by atoms with van der Waals surface area (Å²) in [7, 11) is 0. The maximum absolute atomic E-state index is 16.8. The third-order valence-corrected chi connectivity index (χ3v) is 4.98. The number of aromatic nitrogens is 4. The SMILES string of the molecule is Fc1ccc(C(F)(c2ccccn2)c2ccccn2)c2nc(C3CC3)[nH]c12. The van der Waals surface area contributed by atoms with Crippen molar-refractivity contribution in [1.29, 1.82) is 0 Å². The first-order valence-corrected chi connectivity index (χ1v) is 8.88. The van der Waals surface area contributed by atoms with Gasteiger partial charge in [-0.3, -0.25) is 9.97 Å². The number of nitrogens with zero attached hydrogens (tertiary/aromatic N) is 3. The van der Waals surface area contributed by atoms with Gasteiger partial charge in [-0.25, -0.2) is 13.8 Å². The van der Waals surface area contributed by atoms with E-state index in [0.29, 0.717) is 11.7 Å². The first-order valence-electron chi connectivity index (χ1n) is 8.88. The van der Waals surface area contributed by atoms with Crippen LogP contribution in [0.25, 0.3) is 11.0 Å². The number of H-pyrrole nitrogens is 1. The molecule has 1 aromatic carbocycles. The number of imidazole rings is 1. The zero-order valence-electron chi connectivity index (χ0n) is 14.4. The molecule has 1 aliphatic rings. The highest BCUT2D eigenvalue weighted by atomic mass is 19.1. The Labute approximate surface area is 154 Å². The third kappa shape index (κ3) is 2.51. The summed E-state index contributed by atoms with van der Waals surface area (Å²) in [4.78, 5) is 16.1. The number of pyridine rings is 2. The van der Waals surface area contributed by atoms with E-state index in [1.165, 1.54) is 24.5 Å². The topological polar surface area (TPSA) is 54.5 Å². The lowest BCUT2D eigenvalue weighted by Gasteiger charge is -2.25. The summed E-state index contributed by atoms with van der Waals surface area (Å²) in [6.45, 7) is 0. The number of nitrogens with one attached hydrogen (secondary N) is 1. The van der Waals surface area contributed by atoms with E-state index in [0.717, 1.165) is 12.8 Å². The number of halogens is 2. The highest BCUT2D eigenvalue weighted by Gasteiger charge is 2.42. The number of rotatable bonds is 4. The largest absolute Gasteiger partial charge is 0.339 e. The Balaban J connectivity index is 1.82. The van der Waals surface area contributed by atoms with Crippen LogP contribution in [0, 0.1) is 5.82 Å². The molecule has 0 atom stereocenters. The summed E-state index contributed by atoms with van der Waals surface area (Å²) < 4.78 is 31.2. The maximum Gasteiger partial charge on any atom is 0.221 e. The van der Waals surface area contributed by atoms with Crippen LogP contribution in [-0.2, 0) is 5.67 Å². The van der Waals surface area contributed by atoms with Crippen LogP contribution in [0.1, 0.15) is 41.5 Å². The van der Waals surface area contributed by atoms with Gasteiger partial charge in [0.25, 0.3) is 0 Å². The monoisotopic (exact) mass is 362 g/mol. The molecule has 1 fully saturated rings. The van der Waals surface area contributed by atoms with Gasteiger partial charge in [0.15, 0.2) is 0 Å². The fourth-order valence-corrected chi connectivity index (χ4v) is 3.45. The molecule has 0 bridgehead atoms. The Kier molecular flexibility index (Phi) is 3.53. The quantitative estimate of drug-likeness (QED) is 0.576. The molecule has 1 aliphatic carbocycles. The second-order valence-electron chi connectivity index (χ2n) is 6.80. The number of alkyl halides is 1. The Morgan fingerprint density at radius 1 is 0.926 bits per heavy atom. The van der Waals surface area contributed by atoms with E-state index < -0.39 is 11.5 Å². The smallest absolute Gasteiger partial charge is 0.221 e. The van der Waals surface area contributed by atoms with Crippen molar-refractivity contribution >= 4 is 11.0 Å². The van der Waals surface area contributed by atoms with Gasteiger partial charge >= 0.3 is 0 Å². The van der Waals surface area contributed by atoms with E-state index in [4.69, 9.17) is 0 Å². The summed E-state index contributed by atoms with van der Waals surface area (Å²) in [5.74, 6) is 0.557. The summed E-state index contributed by atoms with van der Waals surface area (Å²) in [5.41, 5.74) is -1.02. The van der Waals surface area contributed by atoms with Crippen molar-refractivity contribution in [2.75, 3.05) is 0 Å². The molecule has 4 nitrogen and oxygen atoms in total. The average molecular weight is 362 g/mol. The number of fused-ring (bicyclic) bond motifs is 1. The molecule has 5 rings (SSSR count). The van der Waals surface area contributed by atoms with Crippen molar-refractivity contribution in [3.05, 3.63) is 89.5 Å². The van der Waals surface area contributed by atoms with Crippen LogP contribution < -0.4 is 0 Å². The zero-order chi connectivity index (χ0) is 18.4. The summed E-state index contributed by atoms with van der Waals surface area (Å²) in [6, 6.07) is 12.8. The number of hydrogen-bond donors (Lipinski definition) is 1. The second-order valence-corrected chi connectivity index (χ2v) is 6.80. The second kappa shape index (κ2) is 5.94. The van der Waals surface area contributed by atoms with E-state index in [-0.39, 0.29) is 28.0 Å². The van der Waals surface area contributed by atoms with Crippen LogP contribution in [0.5, 0.6) is 0 Å². The molecule has 0 saturated heterocycles. The minimum atomic E-state index is -2.15. The fourth-order valence-electron chi connectivity index (χ4n) is 3.45. The molecule has 0 amide bonds. The van der Waals surface area contributed by atoms with Gasteiger partial charge in [-0.2, -0.15) is 0 Å². The van der Waals surface area contributed by atoms with Crippen molar-refractivity contribution < 1.29 is 8.78 Å². The predicted octanol–water partition coefficient (Wildman–Crippen LogP) is 4.63. The van der Waals surface area contributed by atoms with Crippen molar-refractivity contribution in [3.8, 4) is 0 Å². The maximum atomic E-state index is 16.8. The predicted molar refractivity (Wildman–Crippen MR) is 97.5 cm³/mol. The van der Waals surface area contributed by atoms with E-state index in [1.54, 1.807) is 36.4 Å². The van der Waals surface area contributed by atoms with Crippen molar-refractivity contribution in [2.24, 2.45) is 0 Å². The minimum absolute atomic E-state index is 0.188. The molecule has 0 spiro atoms. The molecule has 1 saturated carbocycles. The molecular weight excluding hydrogens is 346 g/mol. The van der Waals surface area contributed by atoms with Crippen LogP contribution in [0.15, 0.2) is 60.9 Å². The molecular formula is C21H16F2N4. The lowest BCUT2D eigenvalue weighted by molar-refractivity contribution is 0.267. The highest BCUT2D eigenvalue weighted by Crippen LogP contribution is 2.44. The standard InChI is InChI=1S/C21H16F2N4/c22-15-10-9-14(18-19(15)27-20(26-18)13-7-8-13)21(23,16-5-1-3-11-24-16)17-6-2-4-12-25-17/h1-6,9-13H,7-8H2,(H,26,27). The van der Waals surface area contributed by atoms with Gasteiger partial charge < -0.3 is 4.98 Å². The average Bonchev–Trinajstić information content (AvgIpc) is 3.47. The van der Waals surface area contributed by atoms with Gasteiger partial charge in [0.05, 0.1) is 16.9 Å². The van der Waals surface area contributed by atoms with Crippen LogP contribution in [0.3, 0.4) is 0 Å². The Hall–Kier alpha value is -3.15. The molecule has 6 heteroatoms. The van der Waals surface area contributed by atoms with Gasteiger partial charge in [0.1, 0.15) is 17.2 Å². The van der Waals surface area contributed by atoms with Gasteiger partial charge in [-0.15, -0.1) is 0 Å². The van der Waals surface area contributed by atoms with Crippen LogP contribution in [0.2, 0.25) is 0 Å². The van der Waals surface area contributed by atoms with Crippen molar-refractivity contribution in [3.63, 3.8) is 0 Å². The number of benzene rings is 1. The Morgan fingerprint density at radius 2 is 1.59 bits per heavy atom. The van der Waals surface area contributed by atoms with Crippen molar-refractivity contribution in [1.82, 2.24) is 19.9 Å². The fraction of sp³-hybridized carbons (Fsp3) is 0.190. The summed E-state index contributed by atoms with van der Waals surface area (Å²) >= 11 is 0. The zero-order valence-corrected chi connectivity index (χ0v) is 14.4. The third-order valence-electron chi connectivity index (χ3n) is 4.98.